The molecule has 0 spiro atoms. The van der Waals surface area contributed by atoms with E-state index in [0.717, 1.165) is 16.8 Å². The largest absolute Gasteiger partial charge is 0.507 e. The summed E-state index contributed by atoms with van der Waals surface area (Å²) in [5.74, 6) is 0.795. The van der Waals surface area contributed by atoms with E-state index >= 15 is 0 Å². The van der Waals surface area contributed by atoms with Gasteiger partial charge >= 0.3 is 0 Å². The third-order valence-corrected chi connectivity index (χ3v) is 3.61. The molecule has 3 rings (SSSR count). The summed E-state index contributed by atoms with van der Waals surface area (Å²) in [6, 6.07) is 13.2. The number of hydrogen-bond donors (Lipinski definition) is 3. The molecular weight excluding hydrogens is 334 g/mol. The third-order valence-electron chi connectivity index (χ3n) is 2.97. The topological polar surface area (TPSA) is 86.7 Å². The SMILES string of the molecule is Oc1ccc(CNc2cccc(-c3nn[nH]n3)c2)cc1Br. The van der Waals surface area contributed by atoms with E-state index in [-0.39, 0.29) is 5.75 Å². The van der Waals surface area contributed by atoms with Gasteiger partial charge < -0.3 is 10.4 Å². The number of benzene rings is 2. The normalized spacial score (nSPS) is 10.5. The van der Waals surface area contributed by atoms with Crippen LogP contribution in [-0.4, -0.2) is 25.7 Å². The van der Waals surface area contributed by atoms with Gasteiger partial charge in [0.1, 0.15) is 5.75 Å². The van der Waals surface area contributed by atoms with Crippen molar-refractivity contribution in [1.29, 1.82) is 0 Å². The van der Waals surface area contributed by atoms with Gasteiger partial charge in [0.25, 0.3) is 0 Å². The third kappa shape index (κ3) is 3.19. The van der Waals surface area contributed by atoms with Gasteiger partial charge in [0.15, 0.2) is 0 Å². The lowest BCUT2D eigenvalue weighted by Crippen LogP contribution is -1.99. The van der Waals surface area contributed by atoms with Crippen LogP contribution in [-0.2, 0) is 6.54 Å². The Labute approximate surface area is 129 Å². The van der Waals surface area contributed by atoms with Crippen LogP contribution in [0.2, 0.25) is 0 Å². The second kappa shape index (κ2) is 5.92. The van der Waals surface area contributed by atoms with Crippen LogP contribution >= 0.6 is 15.9 Å². The van der Waals surface area contributed by atoms with E-state index in [1.165, 1.54) is 0 Å². The molecule has 7 heteroatoms. The maximum absolute atomic E-state index is 9.48. The summed E-state index contributed by atoms with van der Waals surface area (Å²) in [5, 5.41) is 26.7. The molecular formula is C14H12BrN5O. The number of H-pyrrole nitrogens is 1. The molecule has 0 aliphatic rings. The average molecular weight is 346 g/mol. The molecule has 0 amide bonds. The van der Waals surface area contributed by atoms with Crippen LogP contribution in [0.25, 0.3) is 11.4 Å². The number of rotatable bonds is 4. The average Bonchev–Trinajstić information content (AvgIpc) is 3.03. The first-order chi connectivity index (χ1) is 10.2. The number of phenols is 1. The maximum Gasteiger partial charge on any atom is 0.204 e. The minimum Gasteiger partial charge on any atom is -0.507 e. The Morgan fingerprint density at radius 1 is 1.19 bits per heavy atom. The van der Waals surface area contributed by atoms with E-state index in [2.05, 4.69) is 41.9 Å². The Morgan fingerprint density at radius 3 is 2.86 bits per heavy atom. The summed E-state index contributed by atoms with van der Waals surface area (Å²) in [5.41, 5.74) is 2.91. The second-order valence-corrected chi connectivity index (χ2v) is 5.31. The van der Waals surface area contributed by atoms with E-state index in [9.17, 15) is 5.11 Å². The minimum atomic E-state index is 0.234. The molecule has 21 heavy (non-hydrogen) atoms. The van der Waals surface area contributed by atoms with Gasteiger partial charge in [-0.15, -0.1) is 10.2 Å². The fourth-order valence-electron chi connectivity index (χ4n) is 1.92. The van der Waals surface area contributed by atoms with Gasteiger partial charge in [-0.1, -0.05) is 18.2 Å². The number of hydrogen-bond acceptors (Lipinski definition) is 5. The fourth-order valence-corrected chi connectivity index (χ4v) is 2.34. The van der Waals surface area contributed by atoms with Crippen LogP contribution in [0.3, 0.4) is 0 Å². The first kappa shape index (κ1) is 13.6. The molecule has 1 aromatic heterocycles. The molecule has 0 bridgehead atoms. The Hall–Kier alpha value is -2.41. The number of aromatic amines is 1. The van der Waals surface area contributed by atoms with Gasteiger partial charge in [0.2, 0.25) is 5.82 Å². The van der Waals surface area contributed by atoms with Crippen molar-refractivity contribution in [2.75, 3.05) is 5.32 Å². The minimum absolute atomic E-state index is 0.234. The van der Waals surface area contributed by atoms with E-state index in [0.29, 0.717) is 16.8 Å². The van der Waals surface area contributed by atoms with Crippen molar-refractivity contribution in [2.45, 2.75) is 6.54 Å². The molecule has 0 fully saturated rings. The fraction of sp³-hybridized carbons (Fsp3) is 0.0714. The van der Waals surface area contributed by atoms with Gasteiger partial charge in [0.05, 0.1) is 4.47 Å². The first-order valence-corrected chi connectivity index (χ1v) is 7.07. The predicted octanol–water partition coefficient (Wildman–Crippen LogP) is 2.95. The standard InChI is InChI=1S/C14H12BrN5O/c15-12-6-9(4-5-13(12)21)8-16-11-3-1-2-10(7-11)14-17-19-20-18-14/h1-7,16,21H,8H2,(H,17,18,19,20). The van der Waals surface area contributed by atoms with Crippen molar-refractivity contribution in [3.63, 3.8) is 0 Å². The van der Waals surface area contributed by atoms with Crippen molar-refractivity contribution < 1.29 is 5.11 Å². The number of nitrogens with zero attached hydrogens (tertiary/aromatic N) is 3. The molecule has 0 saturated heterocycles. The molecule has 1 heterocycles. The zero-order chi connectivity index (χ0) is 14.7. The number of aromatic nitrogens is 4. The van der Waals surface area contributed by atoms with E-state index in [1.807, 2.05) is 36.4 Å². The highest BCUT2D eigenvalue weighted by molar-refractivity contribution is 9.10. The number of aromatic hydroxyl groups is 1. The molecule has 106 valence electrons. The highest BCUT2D eigenvalue weighted by Gasteiger charge is 2.04. The molecule has 6 nitrogen and oxygen atoms in total. The van der Waals surface area contributed by atoms with Gasteiger partial charge in [-0.3, -0.25) is 0 Å². The smallest absolute Gasteiger partial charge is 0.204 e. The molecule has 0 saturated carbocycles. The van der Waals surface area contributed by atoms with Crippen LogP contribution in [0.4, 0.5) is 5.69 Å². The molecule has 0 aliphatic carbocycles. The van der Waals surface area contributed by atoms with Crippen LogP contribution in [0.5, 0.6) is 5.75 Å². The summed E-state index contributed by atoms with van der Waals surface area (Å²) >= 11 is 3.31. The van der Waals surface area contributed by atoms with Crippen molar-refractivity contribution in [1.82, 2.24) is 20.6 Å². The first-order valence-electron chi connectivity index (χ1n) is 6.27. The Morgan fingerprint density at radius 2 is 2.10 bits per heavy atom. The van der Waals surface area contributed by atoms with E-state index < -0.39 is 0 Å². The number of tetrazole rings is 1. The second-order valence-electron chi connectivity index (χ2n) is 4.46. The molecule has 0 radical (unpaired) electrons. The van der Waals surface area contributed by atoms with Crippen LogP contribution in [0.1, 0.15) is 5.56 Å². The molecule has 3 aromatic rings. The summed E-state index contributed by atoms with van der Waals surface area (Å²) in [7, 11) is 0. The Bertz CT molecular complexity index is 745. The zero-order valence-corrected chi connectivity index (χ0v) is 12.5. The summed E-state index contributed by atoms with van der Waals surface area (Å²) in [4.78, 5) is 0. The monoisotopic (exact) mass is 345 g/mol. The number of phenolic OH excluding ortho intramolecular Hbond substituents is 1. The van der Waals surface area contributed by atoms with Gasteiger partial charge in [-0.2, -0.15) is 5.21 Å². The van der Waals surface area contributed by atoms with Gasteiger partial charge in [-0.05, 0) is 51.0 Å². The summed E-state index contributed by atoms with van der Waals surface area (Å²) in [6.45, 7) is 0.647. The maximum atomic E-state index is 9.48. The van der Waals surface area contributed by atoms with Crippen LogP contribution in [0, 0.1) is 0 Å². The number of anilines is 1. The number of nitrogens with one attached hydrogen (secondary N) is 2. The van der Waals surface area contributed by atoms with E-state index in [1.54, 1.807) is 6.07 Å². The highest BCUT2D eigenvalue weighted by Crippen LogP contribution is 2.25. The molecule has 3 N–H and O–H groups in total. The highest BCUT2D eigenvalue weighted by atomic mass is 79.9. The molecule has 0 atom stereocenters. The van der Waals surface area contributed by atoms with Crippen LogP contribution < -0.4 is 5.32 Å². The Kier molecular flexibility index (Phi) is 3.83. The molecule has 0 unspecified atom stereocenters. The van der Waals surface area contributed by atoms with Crippen molar-refractivity contribution in [3.8, 4) is 17.1 Å². The lowest BCUT2D eigenvalue weighted by molar-refractivity contribution is 0.471. The summed E-state index contributed by atoms with van der Waals surface area (Å²) < 4.78 is 0.683. The van der Waals surface area contributed by atoms with Crippen LogP contribution in [0.15, 0.2) is 46.9 Å². The van der Waals surface area contributed by atoms with Crippen molar-refractivity contribution in [3.05, 3.63) is 52.5 Å². The molecule has 0 aliphatic heterocycles. The van der Waals surface area contributed by atoms with Gasteiger partial charge in [-0.25, -0.2) is 0 Å². The lowest BCUT2D eigenvalue weighted by Gasteiger charge is -2.08. The van der Waals surface area contributed by atoms with Crippen molar-refractivity contribution >= 4 is 21.6 Å². The predicted molar refractivity (Wildman–Crippen MR) is 82.7 cm³/mol. The lowest BCUT2D eigenvalue weighted by atomic mass is 10.1. The quantitative estimate of drug-likeness (QED) is 0.676. The van der Waals surface area contributed by atoms with Gasteiger partial charge in [0, 0.05) is 17.8 Å². The van der Waals surface area contributed by atoms with E-state index in [4.69, 9.17) is 0 Å². The van der Waals surface area contributed by atoms with Crippen molar-refractivity contribution in [2.24, 2.45) is 0 Å². The zero-order valence-electron chi connectivity index (χ0n) is 10.9. The Balaban J connectivity index is 1.73. The number of halogens is 1. The summed E-state index contributed by atoms with van der Waals surface area (Å²) in [6.07, 6.45) is 0. The molecule has 2 aromatic carbocycles.